The molecule has 1 unspecified atom stereocenters. The van der Waals surface area contributed by atoms with Gasteiger partial charge in [-0.15, -0.1) is 0 Å². The Labute approximate surface area is 123 Å². The van der Waals surface area contributed by atoms with E-state index in [9.17, 15) is 4.79 Å². The fourth-order valence-electron chi connectivity index (χ4n) is 1.49. The van der Waals surface area contributed by atoms with Crippen molar-refractivity contribution in [3.8, 4) is 0 Å². The number of carbonyl (C=O) groups excluding carboxylic acids is 1. The number of nitrogens with zero attached hydrogens (tertiary/aromatic N) is 3. The molecule has 0 aliphatic rings. The Hall–Kier alpha value is -1.63. The molecule has 0 radical (unpaired) electrons. The molecule has 0 saturated carbocycles. The van der Waals surface area contributed by atoms with Crippen LogP contribution in [-0.2, 0) is 9.53 Å². The van der Waals surface area contributed by atoms with Gasteiger partial charge in [-0.25, -0.2) is 15.0 Å². The van der Waals surface area contributed by atoms with Gasteiger partial charge in [0, 0.05) is 12.3 Å². The summed E-state index contributed by atoms with van der Waals surface area (Å²) < 4.78 is 5.03. The first kappa shape index (κ1) is 16.4. The SMILES string of the molecule is CCOC(=O)C(C=Nc1cc(N)nc(SC)n1)C(C)C. The Balaban J connectivity index is 2.92. The van der Waals surface area contributed by atoms with E-state index in [-0.39, 0.29) is 11.9 Å². The second kappa shape index (κ2) is 7.84. The first-order chi connectivity index (χ1) is 9.47. The van der Waals surface area contributed by atoms with Crippen LogP contribution in [0.5, 0.6) is 0 Å². The second-order valence-electron chi connectivity index (χ2n) is 4.44. The quantitative estimate of drug-likeness (QED) is 0.375. The molecule has 20 heavy (non-hydrogen) atoms. The van der Waals surface area contributed by atoms with Crippen molar-refractivity contribution >= 4 is 35.6 Å². The number of hydrogen-bond donors (Lipinski definition) is 1. The zero-order valence-corrected chi connectivity index (χ0v) is 13.0. The summed E-state index contributed by atoms with van der Waals surface area (Å²) in [5, 5.41) is 0.550. The Kier molecular flexibility index (Phi) is 6.44. The molecule has 7 heteroatoms. The minimum atomic E-state index is -0.399. The Morgan fingerprint density at radius 2 is 2.25 bits per heavy atom. The number of ether oxygens (including phenoxy) is 1. The zero-order chi connectivity index (χ0) is 15.1. The van der Waals surface area contributed by atoms with Gasteiger partial charge in [-0.1, -0.05) is 25.6 Å². The summed E-state index contributed by atoms with van der Waals surface area (Å²) in [6.07, 6.45) is 3.42. The first-order valence-electron chi connectivity index (χ1n) is 6.37. The lowest BCUT2D eigenvalue weighted by Gasteiger charge is -2.14. The summed E-state index contributed by atoms with van der Waals surface area (Å²) in [6, 6.07) is 1.57. The summed E-state index contributed by atoms with van der Waals surface area (Å²) in [6.45, 7) is 6.01. The third-order valence-corrected chi connectivity index (χ3v) is 3.09. The number of rotatable bonds is 6. The van der Waals surface area contributed by atoms with Gasteiger partial charge in [0.05, 0.1) is 12.5 Å². The highest BCUT2D eigenvalue weighted by atomic mass is 32.2. The summed E-state index contributed by atoms with van der Waals surface area (Å²) in [4.78, 5) is 24.3. The van der Waals surface area contributed by atoms with Crippen molar-refractivity contribution in [2.45, 2.75) is 25.9 Å². The standard InChI is InChI=1S/C13H20N4O2S/c1-5-19-12(18)9(8(2)3)7-15-11-6-10(14)16-13(17-11)20-4/h6-9H,5H2,1-4H3,(H2,14,16,17). The van der Waals surface area contributed by atoms with E-state index in [1.807, 2.05) is 20.1 Å². The van der Waals surface area contributed by atoms with Crippen molar-refractivity contribution < 1.29 is 9.53 Å². The molecule has 1 aromatic heterocycles. The molecule has 1 aromatic rings. The Bertz CT molecular complexity index is 491. The maximum Gasteiger partial charge on any atom is 0.314 e. The number of aliphatic imine (C=N–C) groups is 1. The van der Waals surface area contributed by atoms with Crippen molar-refractivity contribution in [3.63, 3.8) is 0 Å². The predicted molar refractivity (Wildman–Crippen MR) is 81.3 cm³/mol. The van der Waals surface area contributed by atoms with Crippen LogP contribution in [0.25, 0.3) is 0 Å². The van der Waals surface area contributed by atoms with E-state index >= 15 is 0 Å². The van der Waals surface area contributed by atoms with Crippen LogP contribution in [0.4, 0.5) is 11.6 Å². The molecule has 0 aliphatic heterocycles. The van der Waals surface area contributed by atoms with Gasteiger partial charge in [0.25, 0.3) is 0 Å². The number of nitrogen functional groups attached to an aromatic ring is 1. The highest BCUT2D eigenvalue weighted by Crippen LogP contribution is 2.18. The summed E-state index contributed by atoms with van der Waals surface area (Å²) in [5.74, 6) is 0.213. The fraction of sp³-hybridized carbons (Fsp3) is 0.538. The van der Waals surface area contributed by atoms with Crippen LogP contribution in [0.1, 0.15) is 20.8 Å². The molecule has 0 amide bonds. The average molecular weight is 296 g/mol. The van der Waals surface area contributed by atoms with Crippen molar-refractivity contribution in [2.24, 2.45) is 16.8 Å². The van der Waals surface area contributed by atoms with Gasteiger partial charge < -0.3 is 10.5 Å². The number of nitrogens with two attached hydrogens (primary N) is 1. The first-order valence-corrected chi connectivity index (χ1v) is 7.59. The molecule has 6 nitrogen and oxygen atoms in total. The number of esters is 1. The van der Waals surface area contributed by atoms with E-state index in [1.165, 1.54) is 11.8 Å². The third-order valence-electron chi connectivity index (χ3n) is 2.54. The van der Waals surface area contributed by atoms with Crippen LogP contribution in [0, 0.1) is 11.8 Å². The van der Waals surface area contributed by atoms with Crippen molar-refractivity contribution in [1.29, 1.82) is 0 Å². The van der Waals surface area contributed by atoms with Crippen LogP contribution in [0.2, 0.25) is 0 Å². The Morgan fingerprint density at radius 3 is 2.80 bits per heavy atom. The molecule has 2 N–H and O–H groups in total. The van der Waals surface area contributed by atoms with E-state index in [1.54, 1.807) is 19.2 Å². The number of carbonyl (C=O) groups is 1. The maximum atomic E-state index is 11.8. The number of anilines is 1. The van der Waals surface area contributed by atoms with Crippen LogP contribution >= 0.6 is 11.8 Å². The van der Waals surface area contributed by atoms with Crippen LogP contribution < -0.4 is 5.73 Å². The maximum absolute atomic E-state index is 11.8. The van der Waals surface area contributed by atoms with Crippen molar-refractivity contribution in [1.82, 2.24) is 9.97 Å². The lowest BCUT2D eigenvalue weighted by molar-refractivity contribution is -0.146. The highest BCUT2D eigenvalue weighted by Gasteiger charge is 2.21. The van der Waals surface area contributed by atoms with Gasteiger partial charge in [-0.2, -0.15) is 0 Å². The van der Waals surface area contributed by atoms with Gasteiger partial charge >= 0.3 is 5.97 Å². The van der Waals surface area contributed by atoms with E-state index < -0.39 is 5.92 Å². The van der Waals surface area contributed by atoms with Crippen LogP contribution in [-0.4, -0.2) is 35.0 Å². The molecule has 0 spiro atoms. The van der Waals surface area contributed by atoms with Gasteiger partial charge in [0.2, 0.25) is 0 Å². The molecule has 1 atom stereocenters. The predicted octanol–water partition coefficient (Wildman–Crippen LogP) is 2.32. The van der Waals surface area contributed by atoms with Gasteiger partial charge in [-0.05, 0) is 19.1 Å². The number of thioether (sulfide) groups is 1. The van der Waals surface area contributed by atoms with Gasteiger partial charge in [0.1, 0.15) is 5.82 Å². The third kappa shape index (κ3) is 4.80. The average Bonchev–Trinajstić information content (AvgIpc) is 2.38. The van der Waals surface area contributed by atoms with E-state index in [4.69, 9.17) is 10.5 Å². The molecule has 0 aromatic carbocycles. The fourth-order valence-corrected chi connectivity index (χ4v) is 1.87. The summed E-state index contributed by atoms with van der Waals surface area (Å²) in [7, 11) is 0. The molecule has 0 bridgehead atoms. The molecule has 0 fully saturated rings. The summed E-state index contributed by atoms with van der Waals surface area (Å²) in [5.41, 5.74) is 5.68. The monoisotopic (exact) mass is 296 g/mol. The van der Waals surface area contributed by atoms with E-state index in [2.05, 4.69) is 15.0 Å². The summed E-state index contributed by atoms with van der Waals surface area (Å²) >= 11 is 1.38. The lowest BCUT2D eigenvalue weighted by Crippen LogP contribution is -2.24. The largest absolute Gasteiger partial charge is 0.465 e. The zero-order valence-electron chi connectivity index (χ0n) is 12.2. The number of hydrogen-bond acceptors (Lipinski definition) is 7. The molecule has 1 heterocycles. The topological polar surface area (TPSA) is 90.5 Å². The second-order valence-corrected chi connectivity index (χ2v) is 5.21. The smallest absolute Gasteiger partial charge is 0.314 e. The number of aromatic nitrogens is 2. The minimum absolute atomic E-state index is 0.0944. The van der Waals surface area contributed by atoms with Gasteiger partial charge in [0.15, 0.2) is 11.0 Å². The molecule has 1 rings (SSSR count). The molecular formula is C13H20N4O2S. The van der Waals surface area contributed by atoms with E-state index in [0.29, 0.717) is 23.4 Å². The van der Waals surface area contributed by atoms with Crippen molar-refractivity contribution in [2.75, 3.05) is 18.6 Å². The van der Waals surface area contributed by atoms with E-state index in [0.717, 1.165) is 0 Å². The lowest BCUT2D eigenvalue weighted by atomic mass is 9.97. The minimum Gasteiger partial charge on any atom is -0.465 e. The van der Waals surface area contributed by atoms with Crippen LogP contribution in [0.3, 0.4) is 0 Å². The normalized spacial score (nSPS) is 12.8. The van der Waals surface area contributed by atoms with Gasteiger partial charge in [-0.3, -0.25) is 4.79 Å². The molecule has 0 saturated heterocycles. The molecule has 110 valence electrons. The van der Waals surface area contributed by atoms with Crippen molar-refractivity contribution in [3.05, 3.63) is 6.07 Å². The molecular weight excluding hydrogens is 276 g/mol. The van der Waals surface area contributed by atoms with Crippen LogP contribution in [0.15, 0.2) is 16.2 Å². The highest BCUT2D eigenvalue weighted by molar-refractivity contribution is 7.98. The molecule has 0 aliphatic carbocycles. The Morgan fingerprint density at radius 1 is 1.55 bits per heavy atom.